The van der Waals surface area contributed by atoms with Gasteiger partial charge in [-0.25, -0.2) is 0 Å². The number of rotatable bonds is 5. The molecule has 0 spiro atoms. The maximum Gasteiger partial charge on any atom is 0.0702 e. The van der Waals surface area contributed by atoms with Gasteiger partial charge in [-0.05, 0) is 64.5 Å². The molecule has 0 bridgehead atoms. The number of nitrogens with zero attached hydrogens (tertiary/aromatic N) is 1. The van der Waals surface area contributed by atoms with Crippen LogP contribution in [-0.4, -0.2) is 50.3 Å². The molecule has 112 valence electrons. The summed E-state index contributed by atoms with van der Waals surface area (Å²) in [5.41, 5.74) is 0. The Morgan fingerprint density at radius 2 is 2.11 bits per heavy atom. The molecule has 0 radical (unpaired) electrons. The van der Waals surface area contributed by atoms with Gasteiger partial charge in [-0.1, -0.05) is 6.92 Å². The van der Waals surface area contributed by atoms with Gasteiger partial charge in [-0.15, -0.1) is 0 Å². The van der Waals surface area contributed by atoms with Crippen molar-refractivity contribution in [1.82, 2.24) is 10.2 Å². The van der Waals surface area contributed by atoms with E-state index in [1.54, 1.807) is 0 Å². The van der Waals surface area contributed by atoms with Crippen LogP contribution in [0.15, 0.2) is 0 Å². The molecule has 0 aromatic rings. The Kier molecular flexibility index (Phi) is 6.11. The summed E-state index contributed by atoms with van der Waals surface area (Å²) in [6.07, 6.45) is 7.17. The van der Waals surface area contributed by atoms with Gasteiger partial charge in [0.25, 0.3) is 0 Å². The third-order valence-electron chi connectivity index (χ3n) is 4.97. The lowest BCUT2D eigenvalue weighted by Crippen LogP contribution is -2.48. The van der Waals surface area contributed by atoms with Crippen molar-refractivity contribution in [3.8, 4) is 0 Å². The molecule has 4 atom stereocenters. The predicted molar refractivity (Wildman–Crippen MR) is 80.4 cm³/mol. The average Bonchev–Trinajstić information content (AvgIpc) is 2.40. The van der Waals surface area contributed by atoms with Crippen LogP contribution in [0.1, 0.15) is 46.0 Å². The van der Waals surface area contributed by atoms with Gasteiger partial charge in [0, 0.05) is 25.7 Å². The summed E-state index contributed by atoms with van der Waals surface area (Å²) in [6, 6.07) is 0.726. The molecule has 1 aliphatic heterocycles. The fraction of sp³-hybridized carbons (Fsp3) is 1.00. The third-order valence-corrected chi connectivity index (χ3v) is 4.97. The Morgan fingerprint density at radius 1 is 1.26 bits per heavy atom. The van der Waals surface area contributed by atoms with E-state index in [0.717, 1.165) is 31.0 Å². The van der Waals surface area contributed by atoms with Gasteiger partial charge in [-0.3, -0.25) is 0 Å². The molecule has 1 aliphatic carbocycles. The van der Waals surface area contributed by atoms with E-state index in [4.69, 9.17) is 4.74 Å². The van der Waals surface area contributed by atoms with E-state index < -0.39 is 0 Å². The first kappa shape index (κ1) is 15.3. The average molecular weight is 268 g/mol. The summed E-state index contributed by atoms with van der Waals surface area (Å²) in [5.74, 6) is 1.73. The quantitative estimate of drug-likeness (QED) is 0.829. The van der Waals surface area contributed by atoms with E-state index in [9.17, 15) is 0 Å². The minimum atomic E-state index is 0.479. The molecule has 2 fully saturated rings. The molecular weight excluding hydrogens is 236 g/mol. The van der Waals surface area contributed by atoms with Gasteiger partial charge in [0.2, 0.25) is 0 Å². The minimum absolute atomic E-state index is 0.479. The number of likely N-dealkylation sites (tertiary alicyclic amines) is 1. The van der Waals surface area contributed by atoms with Gasteiger partial charge < -0.3 is 15.0 Å². The van der Waals surface area contributed by atoms with Crippen LogP contribution < -0.4 is 5.32 Å². The Morgan fingerprint density at radius 3 is 2.84 bits per heavy atom. The van der Waals surface area contributed by atoms with E-state index >= 15 is 0 Å². The highest BCUT2D eigenvalue weighted by Crippen LogP contribution is 2.30. The third kappa shape index (κ3) is 4.44. The van der Waals surface area contributed by atoms with Gasteiger partial charge >= 0.3 is 0 Å². The summed E-state index contributed by atoms with van der Waals surface area (Å²) in [5, 5.41) is 3.54. The van der Waals surface area contributed by atoms with E-state index in [1.165, 1.54) is 45.2 Å². The van der Waals surface area contributed by atoms with Crippen molar-refractivity contribution in [2.75, 3.05) is 33.3 Å². The molecule has 0 aromatic heterocycles. The van der Waals surface area contributed by atoms with E-state index in [1.807, 2.05) is 0 Å². The molecule has 0 aromatic carbocycles. The highest BCUT2D eigenvalue weighted by atomic mass is 16.5. The maximum absolute atomic E-state index is 5.82. The number of nitrogens with one attached hydrogen (secondary N) is 1. The van der Waals surface area contributed by atoms with Crippen LogP contribution in [0.3, 0.4) is 0 Å². The van der Waals surface area contributed by atoms with E-state index in [2.05, 4.69) is 31.1 Å². The fourth-order valence-corrected chi connectivity index (χ4v) is 3.96. The van der Waals surface area contributed by atoms with Crippen molar-refractivity contribution >= 4 is 0 Å². The highest BCUT2D eigenvalue weighted by molar-refractivity contribution is 4.86. The Hall–Kier alpha value is -0.120. The standard InChI is InChI=1S/C16H32N2O/c1-4-19-15-6-5-9-18(12-15)11-14-10-13(2)7-8-16(14)17-3/h13-17H,4-12H2,1-3H3. The van der Waals surface area contributed by atoms with Crippen LogP contribution in [-0.2, 0) is 4.74 Å². The molecule has 1 saturated carbocycles. The van der Waals surface area contributed by atoms with Crippen LogP contribution in [0, 0.1) is 11.8 Å². The molecule has 2 aliphatic rings. The van der Waals surface area contributed by atoms with E-state index in [0.29, 0.717) is 6.10 Å². The van der Waals surface area contributed by atoms with Crippen molar-refractivity contribution in [3.05, 3.63) is 0 Å². The number of hydrogen-bond acceptors (Lipinski definition) is 3. The molecule has 4 unspecified atom stereocenters. The Bertz CT molecular complexity index is 257. The molecule has 3 nitrogen and oxygen atoms in total. The summed E-state index contributed by atoms with van der Waals surface area (Å²) in [4.78, 5) is 2.65. The Labute approximate surface area is 119 Å². The van der Waals surface area contributed by atoms with Crippen LogP contribution in [0.2, 0.25) is 0 Å². The lowest BCUT2D eigenvalue weighted by molar-refractivity contribution is -0.00262. The maximum atomic E-state index is 5.82. The first-order valence-electron chi connectivity index (χ1n) is 8.24. The second-order valence-corrected chi connectivity index (χ2v) is 6.55. The second kappa shape index (κ2) is 7.61. The van der Waals surface area contributed by atoms with Crippen molar-refractivity contribution in [3.63, 3.8) is 0 Å². The van der Waals surface area contributed by atoms with Crippen LogP contribution in [0.5, 0.6) is 0 Å². The number of piperidine rings is 1. The zero-order chi connectivity index (χ0) is 13.7. The van der Waals surface area contributed by atoms with E-state index in [-0.39, 0.29) is 0 Å². The van der Waals surface area contributed by atoms with Gasteiger partial charge in [0.1, 0.15) is 0 Å². The normalized spacial score (nSPS) is 37.4. The van der Waals surface area contributed by atoms with Crippen LogP contribution >= 0.6 is 0 Å². The zero-order valence-corrected chi connectivity index (χ0v) is 13.0. The van der Waals surface area contributed by atoms with Gasteiger partial charge in [-0.2, -0.15) is 0 Å². The first-order valence-corrected chi connectivity index (χ1v) is 8.24. The molecule has 0 amide bonds. The topological polar surface area (TPSA) is 24.5 Å². The van der Waals surface area contributed by atoms with Crippen LogP contribution in [0.25, 0.3) is 0 Å². The molecule has 1 saturated heterocycles. The lowest BCUT2D eigenvalue weighted by Gasteiger charge is -2.40. The zero-order valence-electron chi connectivity index (χ0n) is 13.0. The van der Waals surface area contributed by atoms with Gasteiger partial charge in [0.15, 0.2) is 0 Å². The largest absolute Gasteiger partial charge is 0.377 e. The monoisotopic (exact) mass is 268 g/mol. The number of ether oxygens (including phenoxy) is 1. The van der Waals surface area contributed by atoms with Crippen molar-refractivity contribution < 1.29 is 4.74 Å². The first-order chi connectivity index (χ1) is 9.22. The minimum Gasteiger partial charge on any atom is -0.377 e. The molecule has 1 N–H and O–H groups in total. The van der Waals surface area contributed by atoms with Crippen molar-refractivity contribution in [2.24, 2.45) is 11.8 Å². The summed E-state index contributed by atoms with van der Waals surface area (Å²) < 4.78 is 5.82. The number of hydrogen-bond donors (Lipinski definition) is 1. The molecule has 2 rings (SSSR count). The summed E-state index contributed by atoms with van der Waals surface area (Å²) in [7, 11) is 2.13. The predicted octanol–water partition coefficient (Wildman–Crippen LogP) is 2.51. The SMILES string of the molecule is CCOC1CCCN(CC2CC(C)CCC2NC)C1. The lowest BCUT2D eigenvalue weighted by atomic mass is 9.78. The van der Waals surface area contributed by atoms with Crippen molar-refractivity contribution in [1.29, 1.82) is 0 Å². The summed E-state index contributed by atoms with van der Waals surface area (Å²) in [6.45, 7) is 9.06. The summed E-state index contributed by atoms with van der Waals surface area (Å²) >= 11 is 0. The highest BCUT2D eigenvalue weighted by Gasteiger charge is 2.30. The Balaban J connectivity index is 1.84. The molecular formula is C16H32N2O. The fourth-order valence-electron chi connectivity index (χ4n) is 3.96. The molecule has 19 heavy (non-hydrogen) atoms. The van der Waals surface area contributed by atoms with Gasteiger partial charge in [0.05, 0.1) is 6.10 Å². The molecule has 3 heteroatoms. The second-order valence-electron chi connectivity index (χ2n) is 6.55. The molecule has 1 heterocycles. The van der Waals surface area contributed by atoms with Crippen LogP contribution in [0.4, 0.5) is 0 Å². The van der Waals surface area contributed by atoms with Crippen molar-refractivity contribution in [2.45, 2.75) is 58.1 Å². The smallest absolute Gasteiger partial charge is 0.0702 e.